The van der Waals surface area contributed by atoms with Gasteiger partial charge >= 0.3 is 0 Å². The minimum absolute atomic E-state index is 0.0297. The van der Waals surface area contributed by atoms with E-state index in [0.29, 0.717) is 19.6 Å². The highest BCUT2D eigenvalue weighted by Gasteiger charge is 2.64. The molecule has 2 aliphatic carbocycles. The molecule has 6 rings (SSSR count). The zero-order valence-corrected chi connectivity index (χ0v) is 43.7. The lowest BCUT2D eigenvalue weighted by Crippen LogP contribution is -2.64. The number of aliphatic hydroxyl groups is 2. The maximum absolute atomic E-state index is 11.4. The molecule has 12 heteroatoms. The predicted molar refractivity (Wildman–Crippen MR) is 288 cm³/mol. The van der Waals surface area contributed by atoms with E-state index in [0.717, 1.165) is 90.4 Å². The van der Waals surface area contributed by atoms with Crippen molar-refractivity contribution in [3.63, 3.8) is 0 Å². The van der Waals surface area contributed by atoms with E-state index in [9.17, 15) is 20.3 Å². The second kappa shape index (κ2) is 30.9. The lowest BCUT2D eigenvalue weighted by Gasteiger charge is -2.58. The monoisotopic (exact) mass is 999 g/mol. The fraction of sp³-hybridized carbons (Fsp3) is 0.603. The summed E-state index contributed by atoms with van der Waals surface area (Å²) >= 11 is 3.70. The Hall–Kier alpha value is -3.81. The Morgan fingerprint density at radius 3 is 2.16 bits per heavy atom. The molecule has 1 aliphatic heterocycles. The zero-order valence-electron chi connectivity index (χ0n) is 42.0. The molecule has 384 valence electrons. The number of non-ortho nitro benzene ring substituents is 1. The fourth-order valence-corrected chi connectivity index (χ4v) is 13.0. The van der Waals surface area contributed by atoms with Crippen molar-refractivity contribution in [2.75, 3.05) is 37.9 Å². The third-order valence-electron chi connectivity index (χ3n) is 14.4. The number of aliphatic hydroxyl groups excluding tert-OH is 2. The molecule has 0 saturated heterocycles. The molecule has 6 atom stereocenters. The van der Waals surface area contributed by atoms with Gasteiger partial charge in [0.15, 0.2) is 0 Å². The van der Waals surface area contributed by atoms with Gasteiger partial charge in [0.05, 0.1) is 35.0 Å². The highest BCUT2D eigenvalue weighted by Crippen LogP contribution is 2.62. The van der Waals surface area contributed by atoms with Gasteiger partial charge in [0.1, 0.15) is 18.1 Å². The van der Waals surface area contributed by atoms with E-state index < -0.39 is 10.7 Å². The van der Waals surface area contributed by atoms with Gasteiger partial charge in [-0.05, 0) is 103 Å². The maximum Gasteiger partial charge on any atom is 0.269 e. The lowest BCUT2D eigenvalue weighted by atomic mass is 9.56. The number of hydrogen-bond acceptors (Lipinski definition) is 11. The molecule has 3 aliphatic rings. The summed E-state index contributed by atoms with van der Waals surface area (Å²) in [4.78, 5) is 18.4. The van der Waals surface area contributed by atoms with E-state index >= 15 is 0 Å². The summed E-state index contributed by atoms with van der Waals surface area (Å²) in [6.07, 6.45) is 28.3. The van der Waals surface area contributed by atoms with Gasteiger partial charge in [-0.2, -0.15) is 11.8 Å². The Morgan fingerprint density at radius 2 is 1.50 bits per heavy atom. The van der Waals surface area contributed by atoms with Crippen LogP contribution in [-0.4, -0.2) is 69.8 Å². The SMILES string of the molecule is C=CCOC12Oc3ccc(OCCSc4ccccc4)cc3C3C(CCCCO)C(CCCCO)C=C(C(=NOCc4ccc([N+](=O)[O-])cc4)CC1SCCCCCCCCCCCCCCCC)C32. The molecule has 0 bridgehead atoms. The normalized spacial score (nSPS) is 21.9. The molecule has 70 heavy (non-hydrogen) atoms. The molecule has 1 saturated carbocycles. The van der Waals surface area contributed by atoms with Gasteiger partial charge in [-0.3, -0.25) is 10.1 Å². The van der Waals surface area contributed by atoms with Gasteiger partial charge in [-0.15, -0.1) is 18.3 Å². The first-order valence-electron chi connectivity index (χ1n) is 26.8. The molecule has 3 aromatic carbocycles. The molecule has 1 heterocycles. The second-order valence-corrected chi connectivity index (χ2v) is 21.9. The van der Waals surface area contributed by atoms with Crippen LogP contribution in [0.25, 0.3) is 0 Å². The summed E-state index contributed by atoms with van der Waals surface area (Å²) in [7, 11) is 0. The number of nitrogens with zero attached hydrogens (tertiary/aromatic N) is 2. The lowest BCUT2D eigenvalue weighted by molar-refractivity contribution is -0.384. The van der Waals surface area contributed by atoms with Crippen LogP contribution >= 0.6 is 23.5 Å². The van der Waals surface area contributed by atoms with Crippen molar-refractivity contribution in [1.29, 1.82) is 0 Å². The van der Waals surface area contributed by atoms with Crippen LogP contribution in [0.3, 0.4) is 0 Å². The quantitative estimate of drug-likeness (QED) is 0.0191. The molecule has 0 spiro atoms. The number of benzene rings is 3. The number of nitro groups is 1. The van der Waals surface area contributed by atoms with Gasteiger partial charge in [0.25, 0.3) is 5.69 Å². The van der Waals surface area contributed by atoms with Crippen LogP contribution in [0.2, 0.25) is 0 Å². The molecular formula is C58H82N2O8S2. The Labute approximate surface area is 428 Å². The summed E-state index contributed by atoms with van der Waals surface area (Å²) < 4.78 is 21.1. The zero-order chi connectivity index (χ0) is 49.2. The first-order chi connectivity index (χ1) is 34.4. The van der Waals surface area contributed by atoms with Crippen LogP contribution in [0, 0.1) is 27.9 Å². The van der Waals surface area contributed by atoms with Crippen LogP contribution in [0.4, 0.5) is 5.69 Å². The number of nitro benzene ring substituents is 1. The number of rotatable bonds is 36. The number of unbranched alkanes of at least 4 members (excludes halogenated alkanes) is 15. The minimum Gasteiger partial charge on any atom is -0.493 e. The molecular weight excluding hydrogens is 917 g/mol. The van der Waals surface area contributed by atoms with E-state index in [2.05, 4.69) is 56.0 Å². The summed E-state index contributed by atoms with van der Waals surface area (Å²) in [5.74, 6) is 2.44. The highest BCUT2D eigenvalue weighted by atomic mass is 32.2. The van der Waals surface area contributed by atoms with Crippen LogP contribution < -0.4 is 9.47 Å². The standard InChI is InChI=1S/C58H82N2O8S2/c1-3-5-6-7-8-9-10-11-12-13-14-15-16-24-39-70-55-43-53(59-67-44-45-29-31-47(32-30-45)60(63)64)51-41-46(25-20-22-35-61)50(28-21-23-36-62)56-52-42-48(65-38-40-69-49-26-18-17-19-27-49)33-34-54(52)68-58(55,57(51)56)66-37-4-2/h4,17-19,26-27,29-34,41-42,46,50,55-57,61-62H,2-3,5-16,20-25,28,35-40,43-44H2,1H3. The Kier molecular flexibility index (Phi) is 24.5. The van der Waals surface area contributed by atoms with Crippen molar-refractivity contribution < 1.29 is 34.2 Å². The Balaban J connectivity index is 1.28. The smallest absolute Gasteiger partial charge is 0.269 e. The van der Waals surface area contributed by atoms with E-state index in [4.69, 9.17) is 24.2 Å². The van der Waals surface area contributed by atoms with Crippen LogP contribution in [-0.2, 0) is 16.2 Å². The number of allylic oxidation sites excluding steroid dienone is 1. The third kappa shape index (κ3) is 16.4. The van der Waals surface area contributed by atoms with Gasteiger partial charge in [0, 0.05) is 53.9 Å². The van der Waals surface area contributed by atoms with Gasteiger partial charge < -0.3 is 29.3 Å². The molecule has 0 radical (unpaired) electrons. The van der Waals surface area contributed by atoms with E-state index in [-0.39, 0.29) is 54.4 Å². The number of ether oxygens (including phenoxy) is 3. The first-order valence-corrected chi connectivity index (χ1v) is 28.8. The van der Waals surface area contributed by atoms with E-state index in [1.165, 1.54) is 100 Å². The minimum atomic E-state index is -1.03. The number of hydrogen-bond donors (Lipinski definition) is 2. The molecule has 0 aromatic heterocycles. The van der Waals surface area contributed by atoms with Crippen molar-refractivity contribution in [2.24, 2.45) is 22.9 Å². The van der Waals surface area contributed by atoms with Crippen molar-refractivity contribution in [3.05, 3.63) is 118 Å². The Bertz CT molecular complexity index is 2050. The van der Waals surface area contributed by atoms with Gasteiger partial charge in [-0.25, -0.2) is 0 Å². The largest absolute Gasteiger partial charge is 0.493 e. The predicted octanol–water partition coefficient (Wildman–Crippen LogP) is 14.8. The number of fused-ring (bicyclic) bond motifs is 2. The summed E-state index contributed by atoms with van der Waals surface area (Å²) in [5.41, 5.74) is 3.89. The average Bonchev–Trinajstić information content (AvgIpc) is 3.37. The van der Waals surface area contributed by atoms with Crippen LogP contribution in [0.15, 0.2) is 107 Å². The van der Waals surface area contributed by atoms with Crippen molar-refractivity contribution in [3.8, 4) is 11.5 Å². The molecule has 6 unspecified atom stereocenters. The topological polar surface area (TPSA) is 133 Å². The van der Waals surface area contributed by atoms with E-state index in [1.54, 1.807) is 23.9 Å². The molecule has 2 N–H and O–H groups in total. The van der Waals surface area contributed by atoms with Crippen molar-refractivity contribution in [1.82, 2.24) is 0 Å². The first kappa shape index (κ1) is 55.5. The third-order valence-corrected chi connectivity index (χ3v) is 16.8. The average molecular weight is 999 g/mol. The van der Waals surface area contributed by atoms with Gasteiger partial charge in [0.2, 0.25) is 5.79 Å². The van der Waals surface area contributed by atoms with Crippen LogP contribution in [0.5, 0.6) is 11.5 Å². The number of thioether (sulfide) groups is 2. The second-order valence-electron chi connectivity index (χ2n) is 19.4. The van der Waals surface area contributed by atoms with Crippen LogP contribution in [0.1, 0.15) is 159 Å². The molecule has 0 amide bonds. The van der Waals surface area contributed by atoms with Gasteiger partial charge in [-0.1, -0.05) is 139 Å². The highest BCUT2D eigenvalue weighted by molar-refractivity contribution is 8.00. The van der Waals surface area contributed by atoms with Crippen molar-refractivity contribution >= 4 is 34.9 Å². The fourth-order valence-electron chi connectivity index (χ4n) is 10.8. The summed E-state index contributed by atoms with van der Waals surface area (Å²) in [5, 5.41) is 36.2. The summed E-state index contributed by atoms with van der Waals surface area (Å²) in [6.45, 7) is 7.71. The van der Waals surface area contributed by atoms with E-state index in [1.807, 2.05) is 30.0 Å². The van der Waals surface area contributed by atoms with Crippen molar-refractivity contribution in [2.45, 2.75) is 170 Å². The molecule has 3 aromatic rings. The molecule has 10 nitrogen and oxygen atoms in total. The molecule has 1 fully saturated rings. The maximum atomic E-state index is 11.4. The summed E-state index contributed by atoms with van der Waals surface area (Å²) in [6, 6.07) is 23.2. The Morgan fingerprint density at radius 1 is 0.829 bits per heavy atom. The number of oxime groups is 1.